The Labute approximate surface area is 165 Å². The summed E-state index contributed by atoms with van der Waals surface area (Å²) in [7, 11) is 0. The molecule has 3 aromatic rings. The van der Waals surface area contributed by atoms with Gasteiger partial charge < -0.3 is 4.74 Å². The minimum atomic E-state index is 0.725. The molecule has 26 heavy (non-hydrogen) atoms. The van der Waals surface area contributed by atoms with Gasteiger partial charge in [0, 0.05) is 5.56 Å². The van der Waals surface area contributed by atoms with Crippen molar-refractivity contribution < 1.29 is 4.74 Å². The van der Waals surface area contributed by atoms with E-state index in [2.05, 4.69) is 92.2 Å². The van der Waals surface area contributed by atoms with E-state index in [0.29, 0.717) is 0 Å². The SMILES string of the molecule is CCCOc1cccc(-c2c(C)cc(C)c(-c3ccccc3)c2C)c1Br. The minimum Gasteiger partial charge on any atom is -0.492 e. The molecule has 0 atom stereocenters. The van der Waals surface area contributed by atoms with Crippen LogP contribution in [0.2, 0.25) is 0 Å². The summed E-state index contributed by atoms with van der Waals surface area (Å²) in [5.41, 5.74) is 8.95. The van der Waals surface area contributed by atoms with E-state index in [9.17, 15) is 0 Å². The zero-order valence-electron chi connectivity index (χ0n) is 15.9. The fraction of sp³-hybridized carbons (Fsp3) is 0.250. The summed E-state index contributed by atoms with van der Waals surface area (Å²) in [5.74, 6) is 0.907. The summed E-state index contributed by atoms with van der Waals surface area (Å²) in [6, 6.07) is 19.2. The first kappa shape index (κ1) is 18.7. The number of rotatable bonds is 5. The molecule has 0 N–H and O–H groups in total. The van der Waals surface area contributed by atoms with Gasteiger partial charge in [-0.15, -0.1) is 0 Å². The van der Waals surface area contributed by atoms with Crippen LogP contribution in [0.5, 0.6) is 5.75 Å². The van der Waals surface area contributed by atoms with E-state index in [1.54, 1.807) is 0 Å². The molecule has 0 fully saturated rings. The van der Waals surface area contributed by atoms with Crippen LogP contribution in [0.3, 0.4) is 0 Å². The van der Waals surface area contributed by atoms with Crippen LogP contribution in [0.25, 0.3) is 22.3 Å². The van der Waals surface area contributed by atoms with Gasteiger partial charge in [0.15, 0.2) is 0 Å². The molecule has 0 spiro atoms. The summed E-state index contributed by atoms with van der Waals surface area (Å²) in [5, 5.41) is 0. The van der Waals surface area contributed by atoms with Crippen LogP contribution < -0.4 is 4.74 Å². The molecule has 0 radical (unpaired) electrons. The van der Waals surface area contributed by atoms with Crippen molar-refractivity contribution in [2.75, 3.05) is 6.61 Å². The molecule has 3 aromatic carbocycles. The maximum absolute atomic E-state index is 5.92. The van der Waals surface area contributed by atoms with E-state index in [0.717, 1.165) is 23.2 Å². The monoisotopic (exact) mass is 408 g/mol. The maximum Gasteiger partial charge on any atom is 0.134 e. The fourth-order valence-electron chi connectivity index (χ4n) is 3.68. The van der Waals surface area contributed by atoms with Gasteiger partial charge in [0.1, 0.15) is 5.75 Å². The molecule has 0 bridgehead atoms. The van der Waals surface area contributed by atoms with Crippen molar-refractivity contribution >= 4 is 15.9 Å². The molecule has 2 heteroatoms. The lowest BCUT2D eigenvalue weighted by Crippen LogP contribution is -1.99. The van der Waals surface area contributed by atoms with Gasteiger partial charge in [-0.3, -0.25) is 0 Å². The highest BCUT2D eigenvalue weighted by Crippen LogP contribution is 2.42. The van der Waals surface area contributed by atoms with E-state index in [1.165, 1.54) is 38.9 Å². The predicted molar refractivity (Wildman–Crippen MR) is 115 cm³/mol. The van der Waals surface area contributed by atoms with Crippen molar-refractivity contribution in [2.24, 2.45) is 0 Å². The van der Waals surface area contributed by atoms with Crippen molar-refractivity contribution in [1.29, 1.82) is 0 Å². The number of ether oxygens (including phenoxy) is 1. The van der Waals surface area contributed by atoms with Crippen molar-refractivity contribution in [2.45, 2.75) is 34.1 Å². The van der Waals surface area contributed by atoms with Gasteiger partial charge in [0.2, 0.25) is 0 Å². The topological polar surface area (TPSA) is 9.23 Å². The number of aryl methyl sites for hydroxylation is 2. The molecular weight excluding hydrogens is 384 g/mol. The molecule has 0 aliphatic rings. The van der Waals surface area contributed by atoms with Gasteiger partial charge in [-0.1, -0.05) is 55.5 Å². The maximum atomic E-state index is 5.92. The molecule has 0 aliphatic heterocycles. The van der Waals surface area contributed by atoms with Crippen LogP contribution in [-0.4, -0.2) is 6.61 Å². The molecule has 0 saturated heterocycles. The highest BCUT2D eigenvalue weighted by atomic mass is 79.9. The molecule has 3 rings (SSSR count). The smallest absolute Gasteiger partial charge is 0.134 e. The third-order valence-corrected chi connectivity index (χ3v) is 5.55. The van der Waals surface area contributed by atoms with Gasteiger partial charge >= 0.3 is 0 Å². The lowest BCUT2D eigenvalue weighted by atomic mass is 9.86. The summed E-state index contributed by atoms with van der Waals surface area (Å²) in [6.45, 7) is 9.46. The van der Waals surface area contributed by atoms with E-state index in [-0.39, 0.29) is 0 Å². The van der Waals surface area contributed by atoms with Crippen LogP contribution in [-0.2, 0) is 0 Å². The molecule has 0 heterocycles. The predicted octanol–water partition coefficient (Wildman–Crippen LogP) is 7.50. The Hall–Kier alpha value is -2.06. The molecule has 0 saturated carbocycles. The van der Waals surface area contributed by atoms with Crippen molar-refractivity contribution in [3.63, 3.8) is 0 Å². The number of halogens is 1. The highest BCUT2D eigenvalue weighted by Gasteiger charge is 2.17. The summed E-state index contributed by atoms with van der Waals surface area (Å²) >= 11 is 3.79. The summed E-state index contributed by atoms with van der Waals surface area (Å²) in [4.78, 5) is 0. The zero-order chi connectivity index (χ0) is 18.7. The highest BCUT2D eigenvalue weighted by molar-refractivity contribution is 9.10. The quantitative estimate of drug-likeness (QED) is 0.424. The normalized spacial score (nSPS) is 10.8. The van der Waals surface area contributed by atoms with Crippen molar-refractivity contribution in [3.05, 3.63) is 75.8 Å². The third kappa shape index (κ3) is 3.57. The van der Waals surface area contributed by atoms with E-state index < -0.39 is 0 Å². The second-order valence-corrected chi connectivity index (χ2v) is 7.51. The lowest BCUT2D eigenvalue weighted by Gasteiger charge is -2.20. The molecule has 134 valence electrons. The van der Waals surface area contributed by atoms with Gasteiger partial charge in [-0.05, 0) is 82.6 Å². The minimum absolute atomic E-state index is 0.725. The summed E-state index contributed by atoms with van der Waals surface area (Å²) < 4.78 is 6.95. The average Bonchev–Trinajstić information content (AvgIpc) is 2.62. The third-order valence-electron chi connectivity index (χ3n) is 4.73. The molecule has 0 aliphatic carbocycles. The van der Waals surface area contributed by atoms with Crippen molar-refractivity contribution in [1.82, 2.24) is 0 Å². The van der Waals surface area contributed by atoms with Crippen molar-refractivity contribution in [3.8, 4) is 28.0 Å². The van der Waals surface area contributed by atoms with E-state index in [4.69, 9.17) is 4.74 Å². The molecular formula is C24H25BrO. The first-order valence-corrected chi connectivity index (χ1v) is 9.91. The van der Waals surface area contributed by atoms with E-state index >= 15 is 0 Å². The first-order valence-electron chi connectivity index (χ1n) is 9.12. The Morgan fingerprint density at radius 2 is 1.54 bits per heavy atom. The first-order chi connectivity index (χ1) is 12.5. The standard InChI is InChI=1S/C24H25BrO/c1-5-14-26-21-13-9-12-20(24(21)25)23-17(3)15-16(2)22(18(23)4)19-10-7-6-8-11-19/h6-13,15H,5,14H2,1-4H3. The largest absolute Gasteiger partial charge is 0.492 e. The Morgan fingerprint density at radius 1 is 0.846 bits per heavy atom. The van der Waals surface area contributed by atoms with Crippen LogP contribution in [0.4, 0.5) is 0 Å². The Bertz CT molecular complexity index is 913. The summed E-state index contributed by atoms with van der Waals surface area (Å²) in [6.07, 6.45) is 0.997. The van der Waals surface area contributed by atoms with Crippen LogP contribution >= 0.6 is 15.9 Å². The second kappa shape index (κ2) is 8.09. The Balaban J connectivity index is 2.21. The second-order valence-electron chi connectivity index (χ2n) is 6.72. The lowest BCUT2D eigenvalue weighted by molar-refractivity contribution is 0.315. The molecule has 0 amide bonds. The van der Waals surface area contributed by atoms with Crippen LogP contribution in [0, 0.1) is 20.8 Å². The average molecular weight is 409 g/mol. The van der Waals surface area contributed by atoms with Crippen LogP contribution in [0.15, 0.2) is 59.1 Å². The molecule has 0 aromatic heterocycles. The van der Waals surface area contributed by atoms with Gasteiger partial charge in [0.25, 0.3) is 0 Å². The van der Waals surface area contributed by atoms with Gasteiger partial charge in [-0.25, -0.2) is 0 Å². The van der Waals surface area contributed by atoms with E-state index in [1.807, 2.05) is 6.07 Å². The molecule has 1 nitrogen and oxygen atoms in total. The zero-order valence-corrected chi connectivity index (χ0v) is 17.5. The number of benzene rings is 3. The molecule has 0 unspecified atom stereocenters. The number of hydrogen-bond acceptors (Lipinski definition) is 1. The Kier molecular flexibility index (Phi) is 5.83. The van der Waals surface area contributed by atoms with Gasteiger partial charge in [0.05, 0.1) is 11.1 Å². The fourth-order valence-corrected chi connectivity index (χ4v) is 4.25. The van der Waals surface area contributed by atoms with Gasteiger partial charge in [-0.2, -0.15) is 0 Å². The Morgan fingerprint density at radius 3 is 2.23 bits per heavy atom. The number of hydrogen-bond donors (Lipinski definition) is 0. The van der Waals surface area contributed by atoms with Crippen LogP contribution in [0.1, 0.15) is 30.0 Å².